The van der Waals surface area contributed by atoms with E-state index in [1.165, 1.54) is 17.7 Å². The average Bonchev–Trinajstić information content (AvgIpc) is 3.36. The van der Waals surface area contributed by atoms with Gasteiger partial charge in [-0.1, -0.05) is 11.8 Å². The second-order valence-electron chi connectivity index (χ2n) is 7.37. The SMILES string of the molecule is CC(NC1CCC(N2c3ncccc3SC2C2CC2)CC1)C(F)F. The van der Waals surface area contributed by atoms with Crippen LogP contribution in [-0.2, 0) is 0 Å². The van der Waals surface area contributed by atoms with Gasteiger partial charge in [0.05, 0.1) is 16.3 Å². The number of alkyl halides is 2. The van der Waals surface area contributed by atoms with Crippen molar-refractivity contribution in [3.05, 3.63) is 18.3 Å². The van der Waals surface area contributed by atoms with Gasteiger partial charge in [-0.15, -0.1) is 0 Å². The summed E-state index contributed by atoms with van der Waals surface area (Å²) in [6, 6.07) is 4.21. The second-order valence-corrected chi connectivity index (χ2v) is 8.53. The van der Waals surface area contributed by atoms with Crippen molar-refractivity contribution in [2.45, 2.75) is 80.3 Å². The van der Waals surface area contributed by atoms with Gasteiger partial charge in [0.2, 0.25) is 0 Å². The van der Waals surface area contributed by atoms with E-state index in [0.717, 1.165) is 37.4 Å². The summed E-state index contributed by atoms with van der Waals surface area (Å²) in [7, 11) is 0. The van der Waals surface area contributed by atoms with Crippen molar-refractivity contribution in [3.63, 3.8) is 0 Å². The van der Waals surface area contributed by atoms with E-state index < -0.39 is 12.5 Å². The Labute approximate surface area is 146 Å². The molecule has 0 amide bonds. The zero-order valence-corrected chi connectivity index (χ0v) is 14.8. The summed E-state index contributed by atoms with van der Waals surface area (Å²) in [6.45, 7) is 1.58. The van der Waals surface area contributed by atoms with E-state index in [-0.39, 0.29) is 6.04 Å². The fraction of sp³-hybridized carbons (Fsp3) is 0.722. The Balaban J connectivity index is 1.42. The van der Waals surface area contributed by atoms with Gasteiger partial charge in [-0.3, -0.25) is 0 Å². The van der Waals surface area contributed by atoms with E-state index in [1.54, 1.807) is 6.92 Å². The van der Waals surface area contributed by atoms with Gasteiger partial charge in [0.15, 0.2) is 0 Å². The highest BCUT2D eigenvalue weighted by molar-refractivity contribution is 8.00. The molecule has 1 aromatic heterocycles. The van der Waals surface area contributed by atoms with E-state index in [1.807, 2.05) is 24.0 Å². The first kappa shape index (κ1) is 16.6. The van der Waals surface area contributed by atoms with Gasteiger partial charge in [0.1, 0.15) is 5.82 Å². The number of rotatable bonds is 5. The third-order valence-electron chi connectivity index (χ3n) is 5.51. The Morgan fingerprint density at radius 3 is 2.62 bits per heavy atom. The first-order chi connectivity index (χ1) is 11.6. The van der Waals surface area contributed by atoms with Gasteiger partial charge < -0.3 is 10.2 Å². The van der Waals surface area contributed by atoms with E-state index in [4.69, 9.17) is 0 Å². The standard InChI is InChI=1S/C18H25F2N3S/c1-11(16(19)20)22-13-6-8-14(9-7-13)23-17-15(3-2-10-21-17)24-18(23)12-4-5-12/h2-3,10-14,16,18,22H,4-9H2,1H3. The van der Waals surface area contributed by atoms with E-state index in [0.29, 0.717) is 11.4 Å². The Bertz CT molecular complexity index is 573. The third-order valence-corrected chi connectivity index (χ3v) is 6.94. The maximum Gasteiger partial charge on any atom is 0.253 e. The highest BCUT2D eigenvalue weighted by atomic mass is 32.2. The maximum absolute atomic E-state index is 12.7. The van der Waals surface area contributed by atoms with Crippen LogP contribution >= 0.6 is 11.8 Å². The van der Waals surface area contributed by atoms with Crippen molar-refractivity contribution in [2.24, 2.45) is 5.92 Å². The molecule has 3 aliphatic rings. The first-order valence-corrected chi connectivity index (χ1v) is 9.95. The number of hydrogen-bond donors (Lipinski definition) is 1. The highest BCUT2D eigenvalue weighted by Gasteiger charge is 2.45. The van der Waals surface area contributed by atoms with Crippen LogP contribution in [0.3, 0.4) is 0 Å². The number of halogens is 2. The van der Waals surface area contributed by atoms with Crippen molar-refractivity contribution in [1.82, 2.24) is 10.3 Å². The predicted octanol–water partition coefficient (Wildman–Crippen LogP) is 4.28. The third kappa shape index (κ3) is 3.27. The lowest BCUT2D eigenvalue weighted by molar-refractivity contribution is 0.0955. The fourth-order valence-electron chi connectivity index (χ4n) is 4.03. The van der Waals surface area contributed by atoms with Gasteiger partial charge in [0, 0.05) is 18.3 Å². The predicted molar refractivity (Wildman–Crippen MR) is 93.7 cm³/mol. The van der Waals surface area contributed by atoms with Gasteiger partial charge in [-0.05, 0) is 63.5 Å². The maximum atomic E-state index is 12.7. The molecule has 1 N–H and O–H groups in total. The van der Waals surface area contributed by atoms with Gasteiger partial charge in [-0.25, -0.2) is 13.8 Å². The molecule has 0 spiro atoms. The van der Waals surface area contributed by atoms with Crippen molar-refractivity contribution in [2.75, 3.05) is 4.90 Å². The summed E-state index contributed by atoms with van der Waals surface area (Å²) in [4.78, 5) is 8.52. The van der Waals surface area contributed by atoms with Gasteiger partial charge in [-0.2, -0.15) is 0 Å². The summed E-state index contributed by atoms with van der Waals surface area (Å²) in [5.74, 6) is 1.94. The Hall–Kier alpha value is -0.880. The molecule has 0 radical (unpaired) electrons. The molecule has 24 heavy (non-hydrogen) atoms. The lowest BCUT2D eigenvalue weighted by Gasteiger charge is -2.39. The normalized spacial score (nSPS) is 31.3. The van der Waals surface area contributed by atoms with Crippen molar-refractivity contribution >= 4 is 17.6 Å². The lowest BCUT2D eigenvalue weighted by atomic mass is 9.89. The van der Waals surface area contributed by atoms with Crippen LogP contribution in [0.1, 0.15) is 45.4 Å². The van der Waals surface area contributed by atoms with E-state index in [9.17, 15) is 8.78 Å². The van der Waals surface area contributed by atoms with Crippen LogP contribution in [0.2, 0.25) is 0 Å². The summed E-state index contributed by atoms with van der Waals surface area (Å²) in [6.07, 6.45) is 6.33. The minimum absolute atomic E-state index is 0.225. The number of pyridine rings is 1. The molecular weight excluding hydrogens is 328 g/mol. The molecule has 2 saturated carbocycles. The van der Waals surface area contributed by atoms with E-state index in [2.05, 4.69) is 21.3 Å². The lowest BCUT2D eigenvalue weighted by Crippen LogP contribution is -2.48. The Morgan fingerprint density at radius 1 is 1.21 bits per heavy atom. The quantitative estimate of drug-likeness (QED) is 0.855. The molecule has 0 saturated heterocycles. The van der Waals surface area contributed by atoms with Crippen LogP contribution in [0, 0.1) is 5.92 Å². The zero-order valence-electron chi connectivity index (χ0n) is 14.0. The second kappa shape index (κ2) is 6.79. The van der Waals surface area contributed by atoms with Gasteiger partial charge >= 0.3 is 0 Å². The van der Waals surface area contributed by atoms with Crippen LogP contribution in [-0.4, -0.2) is 34.9 Å². The monoisotopic (exact) mass is 353 g/mol. The topological polar surface area (TPSA) is 28.2 Å². The molecule has 3 nitrogen and oxygen atoms in total. The number of nitrogens with one attached hydrogen (secondary N) is 1. The number of thioether (sulfide) groups is 1. The molecule has 132 valence electrons. The minimum Gasteiger partial charge on any atom is -0.340 e. The highest BCUT2D eigenvalue weighted by Crippen LogP contribution is 2.53. The molecule has 2 aliphatic carbocycles. The van der Waals surface area contributed by atoms with Gasteiger partial charge in [0.25, 0.3) is 6.43 Å². The molecule has 1 aromatic rings. The van der Waals surface area contributed by atoms with Crippen LogP contribution < -0.4 is 10.2 Å². The largest absolute Gasteiger partial charge is 0.340 e. The molecule has 2 unspecified atom stereocenters. The molecule has 0 aromatic carbocycles. The number of nitrogens with zero attached hydrogens (tertiary/aromatic N) is 2. The summed E-state index contributed by atoms with van der Waals surface area (Å²) < 4.78 is 25.5. The summed E-state index contributed by atoms with van der Waals surface area (Å²) in [5, 5.41) is 3.64. The number of fused-ring (bicyclic) bond motifs is 1. The van der Waals surface area contributed by atoms with Crippen LogP contribution in [0.25, 0.3) is 0 Å². The zero-order chi connectivity index (χ0) is 16.7. The van der Waals surface area contributed by atoms with Crippen LogP contribution in [0.15, 0.2) is 23.2 Å². The Morgan fingerprint density at radius 2 is 1.96 bits per heavy atom. The first-order valence-electron chi connectivity index (χ1n) is 9.07. The smallest absolute Gasteiger partial charge is 0.253 e. The van der Waals surface area contributed by atoms with Crippen molar-refractivity contribution in [3.8, 4) is 0 Å². The molecule has 1 aliphatic heterocycles. The van der Waals surface area contributed by atoms with Crippen molar-refractivity contribution < 1.29 is 8.78 Å². The molecule has 2 heterocycles. The summed E-state index contributed by atoms with van der Waals surface area (Å²) >= 11 is 1.97. The molecule has 0 bridgehead atoms. The van der Waals surface area contributed by atoms with E-state index >= 15 is 0 Å². The van der Waals surface area contributed by atoms with Crippen molar-refractivity contribution in [1.29, 1.82) is 0 Å². The van der Waals surface area contributed by atoms with Crippen LogP contribution in [0.4, 0.5) is 14.6 Å². The van der Waals surface area contributed by atoms with Crippen LogP contribution in [0.5, 0.6) is 0 Å². The Kier molecular flexibility index (Phi) is 4.69. The molecule has 6 heteroatoms. The average molecular weight is 353 g/mol. The molecule has 2 atom stereocenters. The molecular formula is C18H25F2N3S. The number of aromatic nitrogens is 1. The molecule has 4 rings (SSSR count). The fourth-order valence-corrected chi connectivity index (χ4v) is 5.56. The summed E-state index contributed by atoms with van der Waals surface area (Å²) in [5.41, 5.74) is 0. The number of anilines is 1. The molecule has 2 fully saturated rings. The number of hydrogen-bond acceptors (Lipinski definition) is 4. The minimum atomic E-state index is -2.28.